The molecular formula is C19H18FN7O. The number of amides is 1. The number of hydrogen-bond donors (Lipinski definition) is 1. The lowest BCUT2D eigenvalue weighted by Crippen LogP contribution is -2.47. The number of hydrogen-bond acceptors (Lipinski definition) is 7. The van der Waals surface area contributed by atoms with Crippen molar-refractivity contribution in [1.82, 2.24) is 20.2 Å². The summed E-state index contributed by atoms with van der Waals surface area (Å²) in [4.78, 5) is 24.9. The van der Waals surface area contributed by atoms with E-state index in [1.54, 1.807) is 36.7 Å². The van der Waals surface area contributed by atoms with Crippen molar-refractivity contribution >= 4 is 23.5 Å². The second-order valence-electron chi connectivity index (χ2n) is 6.23. The molecule has 142 valence electrons. The van der Waals surface area contributed by atoms with Gasteiger partial charge in [0.2, 0.25) is 5.95 Å². The van der Waals surface area contributed by atoms with Crippen molar-refractivity contribution in [3.05, 3.63) is 66.2 Å². The summed E-state index contributed by atoms with van der Waals surface area (Å²) in [6.07, 6.45) is 3.46. The zero-order valence-electron chi connectivity index (χ0n) is 15.0. The number of nitrogens with one attached hydrogen (secondary N) is 1. The van der Waals surface area contributed by atoms with E-state index in [2.05, 4.69) is 35.3 Å². The minimum absolute atomic E-state index is 0.0346. The van der Waals surface area contributed by atoms with Crippen LogP contribution in [0, 0.1) is 5.82 Å². The Morgan fingerprint density at radius 2 is 1.61 bits per heavy atom. The molecule has 8 nitrogen and oxygen atoms in total. The minimum Gasteiger partial charge on any atom is -0.352 e. The highest BCUT2D eigenvalue weighted by Gasteiger charge is 2.20. The molecule has 1 fully saturated rings. The second-order valence-corrected chi connectivity index (χ2v) is 6.23. The molecule has 1 N–H and O–H groups in total. The largest absolute Gasteiger partial charge is 0.352 e. The van der Waals surface area contributed by atoms with Gasteiger partial charge in [-0.05, 0) is 30.3 Å². The molecule has 1 aliphatic heterocycles. The van der Waals surface area contributed by atoms with Crippen molar-refractivity contribution in [3.8, 4) is 0 Å². The molecule has 1 amide bonds. The number of rotatable bonds is 4. The van der Waals surface area contributed by atoms with Gasteiger partial charge >= 0.3 is 0 Å². The van der Waals surface area contributed by atoms with Crippen molar-refractivity contribution in [2.75, 3.05) is 41.3 Å². The number of piperazine rings is 1. The molecule has 2 aromatic heterocycles. The Bertz CT molecular complexity index is 944. The zero-order valence-corrected chi connectivity index (χ0v) is 15.0. The van der Waals surface area contributed by atoms with Crippen LogP contribution in [0.2, 0.25) is 0 Å². The summed E-state index contributed by atoms with van der Waals surface area (Å²) in [6, 6.07) is 11.0. The van der Waals surface area contributed by atoms with Gasteiger partial charge in [-0.2, -0.15) is 0 Å². The molecule has 0 atom stereocenters. The van der Waals surface area contributed by atoms with Gasteiger partial charge in [0.05, 0.1) is 5.56 Å². The molecule has 0 spiro atoms. The average Bonchev–Trinajstić information content (AvgIpc) is 2.75. The van der Waals surface area contributed by atoms with Crippen molar-refractivity contribution in [1.29, 1.82) is 0 Å². The highest BCUT2D eigenvalue weighted by atomic mass is 19.1. The average molecular weight is 379 g/mol. The van der Waals surface area contributed by atoms with Crippen LogP contribution in [0.5, 0.6) is 0 Å². The van der Waals surface area contributed by atoms with E-state index < -0.39 is 11.7 Å². The molecule has 0 saturated carbocycles. The van der Waals surface area contributed by atoms with E-state index in [0.717, 1.165) is 37.9 Å². The van der Waals surface area contributed by atoms with Crippen molar-refractivity contribution in [3.63, 3.8) is 0 Å². The molecule has 1 saturated heterocycles. The standard InChI is InChI=1S/C19H18FN7O/c20-15-5-2-1-4-14(15)18(28)23-16-6-7-17(25-24-16)26-10-12-27(13-11-26)19-21-8-3-9-22-19/h1-9H,10-13H2,(H,23,24,28). The number of halogens is 1. The fraction of sp³-hybridized carbons (Fsp3) is 0.211. The number of aromatic nitrogens is 4. The molecule has 1 aliphatic rings. The van der Waals surface area contributed by atoms with Crippen LogP contribution in [0.3, 0.4) is 0 Å². The summed E-state index contributed by atoms with van der Waals surface area (Å²) in [5.41, 5.74) is -0.0346. The lowest BCUT2D eigenvalue weighted by Gasteiger charge is -2.35. The van der Waals surface area contributed by atoms with Crippen LogP contribution in [-0.2, 0) is 0 Å². The molecule has 4 rings (SSSR count). The third-order valence-electron chi connectivity index (χ3n) is 4.45. The van der Waals surface area contributed by atoms with Crippen LogP contribution < -0.4 is 15.1 Å². The summed E-state index contributed by atoms with van der Waals surface area (Å²) in [7, 11) is 0. The SMILES string of the molecule is O=C(Nc1ccc(N2CCN(c3ncccn3)CC2)nn1)c1ccccc1F. The maximum absolute atomic E-state index is 13.7. The monoisotopic (exact) mass is 379 g/mol. The number of carbonyl (C=O) groups is 1. The summed E-state index contributed by atoms with van der Waals surface area (Å²) >= 11 is 0. The maximum atomic E-state index is 13.7. The van der Waals surface area contributed by atoms with Crippen LogP contribution in [-0.4, -0.2) is 52.3 Å². The van der Waals surface area contributed by atoms with E-state index in [1.165, 1.54) is 18.2 Å². The summed E-state index contributed by atoms with van der Waals surface area (Å²) in [5.74, 6) is 0.576. The quantitative estimate of drug-likeness (QED) is 0.742. The van der Waals surface area contributed by atoms with E-state index in [0.29, 0.717) is 0 Å². The third kappa shape index (κ3) is 3.88. The van der Waals surface area contributed by atoms with Crippen molar-refractivity contribution < 1.29 is 9.18 Å². The van der Waals surface area contributed by atoms with E-state index in [9.17, 15) is 9.18 Å². The van der Waals surface area contributed by atoms with Crippen LogP contribution in [0.1, 0.15) is 10.4 Å². The van der Waals surface area contributed by atoms with Gasteiger partial charge in [-0.3, -0.25) is 4.79 Å². The number of carbonyl (C=O) groups excluding carboxylic acids is 1. The Morgan fingerprint density at radius 3 is 2.29 bits per heavy atom. The molecule has 3 aromatic rings. The fourth-order valence-electron chi connectivity index (χ4n) is 2.98. The maximum Gasteiger partial charge on any atom is 0.259 e. The van der Waals surface area contributed by atoms with E-state index in [4.69, 9.17) is 0 Å². The highest BCUT2D eigenvalue weighted by Crippen LogP contribution is 2.17. The van der Waals surface area contributed by atoms with Gasteiger partial charge in [0.25, 0.3) is 5.91 Å². The zero-order chi connectivity index (χ0) is 19.3. The van der Waals surface area contributed by atoms with Gasteiger partial charge < -0.3 is 15.1 Å². The first-order valence-corrected chi connectivity index (χ1v) is 8.87. The van der Waals surface area contributed by atoms with E-state index >= 15 is 0 Å². The Labute approximate surface area is 161 Å². The predicted molar refractivity (Wildman–Crippen MR) is 103 cm³/mol. The Hall–Kier alpha value is -3.62. The molecule has 28 heavy (non-hydrogen) atoms. The Balaban J connectivity index is 1.36. The Morgan fingerprint density at radius 1 is 0.893 bits per heavy atom. The lowest BCUT2D eigenvalue weighted by atomic mass is 10.2. The van der Waals surface area contributed by atoms with Crippen molar-refractivity contribution in [2.45, 2.75) is 0 Å². The van der Waals surface area contributed by atoms with Gasteiger partial charge in [0.1, 0.15) is 5.82 Å². The number of nitrogens with zero attached hydrogens (tertiary/aromatic N) is 6. The second kappa shape index (κ2) is 7.95. The van der Waals surface area contributed by atoms with Gasteiger partial charge in [-0.25, -0.2) is 14.4 Å². The molecule has 0 bridgehead atoms. The van der Waals surface area contributed by atoms with Crippen molar-refractivity contribution in [2.24, 2.45) is 0 Å². The molecule has 9 heteroatoms. The molecule has 0 aliphatic carbocycles. The van der Waals surface area contributed by atoms with Gasteiger partial charge in [0.15, 0.2) is 11.6 Å². The Kier molecular flexibility index (Phi) is 5.05. The first kappa shape index (κ1) is 17.8. The minimum atomic E-state index is -0.579. The van der Waals surface area contributed by atoms with Crippen LogP contribution >= 0.6 is 0 Å². The first-order valence-electron chi connectivity index (χ1n) is 8.87. The van der Waals surface area contributed by atoms with Gasteiger partial charge in [-0.15, -0.1) is 10.2 Å². The molecular weight excluding hydrogens is 361 g/mol. The topological polar surface area (TPSA) is 87.1 Å². The summed E-state index contributed by atoms with van der Waals surface area (Å²) in [5, 5.41) is 10.8. The first-order chi connectivity index (χ1) is 13.7. The fourth-order valence-corrected chi connectivity index (χ4v) is 2.98. The number of anilines is 3. The molecule has 1 aromatic carbocycles. The molecule has 0 radical (unpaired) electrons. The smallest absolute Gasteiger partial charge is 0.259 e. The van der Waals surface area contributed by atoms with Crippen LogP contribution in [0.25, 0.3) is 0 Å². The molecule has 3 heterocycles. The van der Waals surface area contributed by atoms with Crippen LogP contribution in [0.15, 0.2) is 54.9 Å². The summed E-state index contributed by atoms with van der Waals surface area (Å²) < 4.78 is 13.7. The molecule has 0 unspecified atom stereocenters. The number of benzene rings is 1. The van der Waals surface area contributed by atoms with Gasteiger partial charge in [-0.1, -0.05) is 12.1 Å². The third-order valence-corrected chi connectivity index (χ3v) is 4.45. The van der Waals surface area contributed by atoms with Crippen LogP contribution in [0.4, 0.5) is 22.0 Å². The van der Waals surface area contributed by atoms with E-state index in [1.807, 2.05) is 0 Å². The normalized spacial score (nSPS) is 14.0. The summed E-state index contributed by atoms with van der Waals surface area (Å²) in [6.45, 7) is 3.07. The highest BCUT2D eigenvalue weighted by molar-refractivity contribution is 6.03. The van der Waals surface area contributed by atoms with E-state index in [-0.39, 0.29) is 11.4 Å². The van der Waals surface area contributed by atoms with Gasteiger partial charge in [0, 0.05) is 38.6 Å². The predicted octanol–water partition coefficient (Wildman–Crippen LogP) is 1.98. The lowest BCUT2D eigenvalue weighted by molar-refractivity contribution is 0.102.